The molecule has 0 saturated heterocycles. The van der Waals surface area contributed by atoms with E-state index in [9.17, 15) is 4.79 Å². The van der Waals surface area contributed by atoms with Crippen LogP contribution in [0.1, 0.15) is 27.8 Å². The van der Waals surface area contributed by atoms with E-state index >= 15 is 0 Å². The van der Waals surface area contributed by atoms with Crippen LogP contribution < -0.4 is 11.1 Å². The number of hydrogen-bond acceptors (Lipinski definition) is 4. The molecule has 0 saturated carbocycles. The molecule has 0 spiro atoms. The highest BCUT2D eigenvalue weighted by molar-refractivity contribution is 7.17. The summed E-state index contributed by atoms with van der Waals surface area (Å²) >= 11 is 13.7. The van der Waals surface area contributed by atoms with Crippen molar-refractivity contribution >= 4 is 46.0 Å². The number of dihydropyridines is 1. The number of hydrogen-bond donors (Lipinski definition) is 2. The van der Waals surface area contributed by atoms with E-state index in [0.717, 1.165) is 28.4 Å². The molecule has 1 unspecified atom stereocenters. The van der Waals surface area contributed by atoms with Crippen molar-refractivity contribution in [3.63, 3.8) is 0 Å². The zero-order valence-corrected chi connectivity index (χ0v) is 16.5. The van der Waals surface area contributed by atoms with Gasteiger partial charge in [-0.1, -0.05) is 41.4 Å². The van der Waals surface area contributed by atoms with Crippen LogP contribution in [0.15, 0.2) is 58.8 Å². The standard InChI is InChI=1S/C19H16Cl2N4OS/c20-13-4-3-12(8-14(13)21)25-16(17-5-6-18(27-17)19(22)26)9-15(24-25)11-2-1-7-23-10-11/h1-6,9-10,12,23H,7-8H2,(H2,22,26). The maximum absolute atomic E-state index is 11.5. The van der Waals surface area contributed by atoms with Crippen molar-refractivity contribution in [2.24, 2.45) is 5.73 Å². The molecule has 1 amide bonds. The van der Waals surface area contributed by atoms with E-state index in [1.54, 1.807) is 12.1 Å². The van der Waals surface area contributed by atoms with Crippen molar-refractivity contribution < 1.29 is 4.79 Å². The molecule has 1 aliphatic heterocycles. The number of aromatic nitrogens is 2. The molecule has 0 bridgehead atoms. The molecule has 4 rings (SSSR count). The molecule has 3 heterocycles. The lowest BCUT2D eigenvalue weighted by atomic mass is 10.1. The lowest BCUT2D eigenvalue weighted by Crippen LogP contribution is -2.13. The quantitative estimate of drug-likeness (QED) is 0.772. The van der Waals surface area contributed by atoms with Gasteiger partial charge < -0.3 is 11.1 Å². The van der Waals surface area contributed by atoms with Crippen LogP contribution in [0.3, 0.4) is 0 Å². The van der Waals surface area contributed by atoms with E-state index in [2.05, 4.69) is 5.32 Å². The van der Waals surface area contributed by atoms with Crippen LogP contribution in [0.4, 0.5) is 0 Å². The smallest absolute Gasteiger partial charge is 0.258 e. The predicted octanol–water partition coefficient (Wildman–Crippen LogP) is 4.40. The fourth-order valence-corrected chi connectivity index (χ4v) is 4.25. The van der Waals surface area contributed by atoms with Crippen LogP contribution in [0, 0.1) is 0 Å². The monoisotopic (exact) mass is 418 g/mol. The van der Waals surface area contributed by atoms with E-state index < -0.39 is 5.91 Å². The topological polar surface area (TPSA) is 72.9 Å². The van der Waals surface area contributed by atoms with E-state index in [-0.39, 0.29) is 6.04 Å². The Kier molecular flexibility index (Phi) is 4.95. The first-order valence-corrected chi connectivity index (χ1v) is 9.92. The molecule has 2 aromatic heterocycles. The molecular formula is C19H16Cl2N4OS. The number of nitrogens with two attached hydrogens (primary N) is 1. The number of primary amides is 1. The first-order valence-electron chi connectivity index (χ1n) is 8.35. The van der Waals surface area contributed by atoms with Gasteiger partial charge in [0.15, 0.2) is 0 Å². The van der Waals surface area contributed by atoms with E-state index in [1.165, 1.54) is 11.3 Å². The summed E-state index contributed by atoms with van der Waals surface area (Å²) in [5.74, 6) is -0.435. The molecule has 0 aromatic carbocycles. The molecule has 5 nitrogen and oxygen atoms in total. The lowest BCUT2D eigenvalue weighted by molar-refractivity contribution is 0.100. The predicted molar refractivity (Wildman–Crippen MR) is 111 cm³/mol. The Bertz CT molecular complexity index is 1030. The zero-order chi connectivity index (χ0) is 19.0. The Balaban J connectivity index is 1.79. The normalized spacial score (nSPS) is 19.2. The summed E-state index contributed by atoms with van der Waals surface area (Å²) in [7, 11) is 0. The van der Waals surface area contributed by atoms with Crippen molar-refractivity contribution in [1.82, 2.24) is 15.1 Å². The molecule has 2 aliphatic rings. The number of nitrogens with zero attached hydrogens (tertiary/aromatic N) is 2. The summed E-state index contributed by atoms with van der Waals surface area (Å²) in [6.07, 6.45) is 10.4. The molecule has 8 heteroatoms. The van der Waals surface area contributed by atoms with Crippen molar-refractivity contribution in [3.05, 3.63) is 69.3 Å². The third-order valence-corrected chi connectivity index (χ3v) is 6.28. The fraction of sp³-hybridized carbons (Fsp3) is 0.158. The number of thiophene rings is 1. The van der Waals surface area contributed by atoms with Crippen molar-refractivity contribution in [2.45, 2.75) is 12.5 Å². The lowest BCUT2D eigenvalue weighted by Gasteiger charge is -2.19. The molecule has 2 aromatic rings. The van der Waals surface area contributed by atoms with Gasteiger partial charge in [-0.2, -0.15) is 5.10 Å². The second-order valence-corrected chi connectivity index (χ2v) is 8.13. The molecule has 27 heavy (non-hydrogen) atoms. The number of nitrogens with one attached hydrogen (secondary N) is 1. The zero-order valence-electron chi connectivity index (χ0n) is 14.2. The number of allylic oxidation sites excluding steroid dienone is 6. The Hall–Kier alpha value is -2.28. The van der Waals surface area contributed by atoms with Gasteiger partial charge in [-0.25, -0.2) is 0 Å². The summed E-state index contributed by atoms with van der Waals surface area (Å²) in [6.45, 7) is 0.800. The highest BCUT2D eigenvalue weighted by atomic mass is 35.5. The Morgan fingerprint density at radius 2 is 2.19 bits per heavy atom. The van der Waals surface area contributed by atoms with Crippen LogP contribution >= 0.6 is 34.5 Å². The summed E-state index contributed by atoms with van der Waals surface area (Å²) in [5.41, 5.74) is 8.15. The molecule has 1 atom stereocenters. The Morgan fingerprint density at radius 1 is 1.33 bits per heavy atom. The van der Waals surface area contributed by atoms with Gasteiger partial charge in [0.1, 0.15) is 0 Å². The summed E-state index contributed by atoms with van der Waals surface area (Å²) in [6, 6.07) is 5.58. The van der Waals surface area contributed by atoms with Gasteiger partial charge >= 0.3 is 0 Å². The van der Waals surface area contributed by atoms with Crippen LogP contribution in [0.2, 0.25) is 0 Å². The summed E-state index contributed by atoms with van der Waals surface area (Å²) in [5, 5.41) is 9.17. The fourth-order valence-electron chi connectivity index (χ4n) is 3.01. The highest BCUT2D eigenvalue weighted by Gasteiger charge is 2.23. The molecule has 3 N–H and O–H groups in total. The van der Waals surface area contributed by atoms with Crippen molar-refractivity contribution in [1.29, 1.82) is 0 Å². The van der Waals surface area contributed by atoms with E-state index in [1.807, 2.05) is 41.2 Å². The van der Waals surface area contributed by atoms with Crippen LogP contribution in [-0.2, 0) is 0 Å². The van der Waals surface area contributed by atoms with Crippen molar-refractivity contribution in [3.8, 4) is 10.6 Å². The average molecular weight is 419 g/mol. The van der Waals surface area contributed by atoms with Gasteiger partial charge in [-0.15, -0.1) is 11.3 Å². The molecule has 1 aliphatic carbocycles. The number of halogens is 2. The van der Waals surface area contributed by atoms with Gasteiger partial charge in [0.2, 0.25) is 0 Å². The first-order chi connectivity index (χ1) is 13.0. The molecule has 0 fully saturated rings. The molecule has 0 radical (unpaired) electrons. The van der Waals surface area contributed by atoms with E-state index in [0.29, 0.717) is 21.4 Å². The highest BCUT2D eigenvalue weighted by Crippen LogP contribution is 2.37. The largest absolute Gasteiger partial charge is 0.387 e. The Labute approximate surface area is 170 Å². The van der Waals surface area contributed by atoms with Gasteiger partial charge in [-0.05, 0) is 24.3 Å². The minimum atomic E-state index is -0.435. The summed E-state index contributed by atoms with van der Waals surface area (Å²) in [4.78, 5) is 12.9. The third-order valence-electron chi connectivity index (χ3n) is 4.35. The van der Waals surface area contributed by atoms with Gasteiger partial charge in [0.05, 0.1) is 32.2 Å². The van der Waals surface area contributed by atoms with Gasteiger partial charge in [-0.3, -0.25) is 9.48 Å². The maximum Gasteiger partial charge on any atom is 0.258 e. The minimum absolute atomic E-state index is 0.0657. The number of rotatable bonds is 4. The second kappa shape index (κ2) is 7.38. The summed E-state index contributed by atoms with van der Waals surface area (Å²) < 4.78 is 1.93. The van der Waals surface area contributed by atoms with Gasteiger partial charge in [0, 0.05) is 29.8 Å². The van der Waals surface area contributed by atoms with Crippen LogP contribution in [0.25, 0.3) is 16.1 Å². The molecular weight excluding hydrogens is 403 g/mol. The first kappa shape index (κ1) is 18.1. The van der Waals surface area contributed by atoms with Crippen LogP contribution in [0.5, 0.6) is 0 Å². The molecule has 138 valence electrons. The third kappa shape index (κ3) is 3.60. The second-order valence-electron chi connectivity index (χ2n) is 6.18. The maximum atomic E-state index is 11.5. The average Bonchev–Trinajstić information content (AvgIpc) is 3.32. The van der Waals surface area contributed by atoms with Gasteiger partial charge in [0.25, 0.3) is 5.91 Å². The van der Waals surface area contributed by atoms with Crippen LogP contribution in [-0.4, -0.2) is 22.2 Å². The SMILES string of the molecule is NC(=O)c1ccc(-c2cc(C3=CNCC=C3)nn2C2C=CC(Cl)=C(Cl)C2)s1. The number of carbonyl (C=O) groups excluding carboxylic acids is 1. The minimum Gasteiger partial charge on any atom is -0.387 e. The number of amides is 1. The van der Waals surface area contributed by atoms with E-state index in [4.69, 9.17) is 34.0 Å². The Morgan fingerprint density at radius 3 is 2.85 bits per heavy atom. The number of carbonyl (C=O) groups is 1. The van der Waals surface area contributed by atoms with Crippen molar-refractivity contribution in [2.75, 3.05) is 6.54 Å².